The Kier molecular flexibility index (Phi) is 4.35. The van der Waals surface area contributed by atoms with Crippen LogP contribution in [-0.4, -0.2) is 12.6 Å². The molecule has 1 unspecified atom stereocenters. The molecule has 0 aliphatic heterocycles. The lowest BCUT2D eigenvalue weighted by molar-refractivity contribution is 0.226. The fraction of sp³-hybridized carbons (Fsp3) is 0.462. The molecule has 16 heavy (non-hydrogen) atoms. The van der Waals surface area contributed by atoms with Crippen molar-refractivity contribution in [3.05, 3.63) is 35.9 Å². The fourth-order valence-corrected chi connectivity index (χ4v) is 1.63. The highest BCUT2D eigenvalue weighted by Gasteiger charge is 2.25. The minimum atomic E-state index is -0.305. The Morgan fingerprint density at radius 1 is 1.25 bits per heavy atom. The molecule has 0 saturated carbocycles. The van der Waals surface area contributed by atoms with E-state index in [0.29, 0.717) is 6.54 Å². The minimum absolute atomic E-state index is 0.115. The van der Waals surface area contributed by atoms with Crippen LogP contribution in [0.5, 0.6) is 0 Å². The van der Waals surface area contributed by atoms with Crippen molar-refractivity contribution in [2.24, 2.45) is 0 Å². The van der Waals surface area contributed by atoms with Gasteiger partial charge in [-0.15, -0.1) is 0 Å². The molecule has 88 valence electrons. The maximum absolute atomic E-state index is 11.6. The van der Waals surface area contributed by atoms with E-state index in [1.165, 1.54) is 0 Å². The van der Waals surface area contributed by atoms with E-state index in [0.717, 1.165) is 12.0 Å². The van der Waals surface area contributed by atoms with Gasteiger partial charge in [0, 0.05) is 6.54 Å². The number of urea groups is 1. The van der Waals surface area contributed by atoms with Crippen LogP contribution >= 0.6 is 0 Å². The van der Waals surface area contributed by atoms with E-state index < -0.39 is 0 Å². The number of hydrogen-bond acceptors (Lipinski definition) is 1. The lowest BCUT2D eigenvalue weighted by Crippen LogP contribution is -2.47. The molecule has 0 spiro atoms. The van der Waals surface area contributed by atoms with Gasteiger partial charge >= 0.3 is 6.03 Å². The zero-order chi connectivity index (χ0) is 12.0. The Labute approximate surface area is 97.2 Å². The first-order chi connectivity index (χ1) is 7.62. The topological polar surface area (TPSA) is 41.1 Å². The monoisotopic (exact) mass is 220 g/mol. The molecule has 0 heterocycles. The fourth-order valence-electron chi connectivity index (χ4n) is 1.63. The number of nitrogens with one attached hydrogen (secondary N) is 2. The summed E-state index contributed by atoms with van der Waals surface area (Å²) < 4.78 is 0. The van der Waals surface area contributed by atoms with Gasteiger partial charge in [-0.05, 0) is 25.8 Å². The van der Waals surface area contributed by atoms with Gasteiger partial charge in [-0.1, -0.05) is 37.3 Å². The molecule has 0 saturated heterocycles. The van der Waals surface area contributed by atoms with E-state index in [1.54, 1.807) is 0 Å². The maximum atomic E-state index is 11.6. The minimum Gasteiger partial charge on any atom is -0.338 e. The second-order valence-electron chi connectivity index (χ2n) is 4.04. The molecule has 0 aliphatic carbocycles. The van der Waals surface area contributed by atoms with Crippen LogP contribution in [0.4, 0.5) is 4.79 Å². The Hall–Kier alpha value is -1.51. The van der Waals surface area contributed by atoms with Crippen LogP contribution in [0.15, 0.2) is 30.3 Å². The quantitative estimate of drug-likeness (QED) is 0.804. The van der Waals surface area contributed by atoms with Crippen molar-refractivity contribution in [3.63, 3.8) is 0 Å². The summed E-state index contributed by atoms with van der Waals surface area (Å²) in [5, 5.41) is 5.77. The lowest BCUT2D eigenvalue weighted by atomic mass is 9.89. The van der Waals surface area contributed by atoms with Crippen molar-refractivity contribution in [1.82, 2.24) is 10.6 Å². The van der Waals surface area contributed by atoms with Crippen LogP contribution < -0.4 is 10.6 Å². The summed E-state index contributed by atoms with van der Waals surface area (Å²) in [7, 11) is 0. The van der Waals surface area contributed by atoms with Gasteiger partial charge in [-0.25, -0.2) is 4.79 Å². The molecule has 3 nitrogen and oxygen atoms in total. The lowest BCUT2D eigenvalue weighted by Gasteiger charge is -2.30. The van der Waals surface area contributed by atoms with Crippen molar-refractivity contribution >= 4 is 6.03 Å². The van der Waals surface area contributed by atoms with Crippen molar-refractivity contribution in [2.45, 2.75) is 32.7 Å². The van der Waals surface area contributed by atoms with Crippen LogP contribution in [-0.2, 0) is 5.54 Å². The number of carbonyl (C=O) groups is 1. The Morgan fingerprint density at radius 3 is 2.38 bits per heavy atom. The number of benzene rings is 1. The van der Waals surface area contributed by atoms with Crippen molar-refractivity contribution in [1.29, 1.82) is 0 Å². The van der Waals surface area contributed by atoms with E-state index in [1.807, 2.05) is 44.2 Å². The molecule has 2 N–H and O–H groups in total. The molecule has 3 heteroatoms. The van der Waals surface area contributed by atoms with Gasteiger partial charge in [0.2, 0.25) is 0 Å². The molecule has 0 bridgehead atoms. The molecule has 0 fully saturated rings. The molecule has 1 atom stereocenters. The van der Waals surface area contributed by atoms with Crippen LogP contribution in [0.2, 0.25) is 0 Å². The molecule has 2 amide bonds. The zero-order valence-electron chi connectivity index (χ0n) is 10.2. The van der Waals surface area contributed by atoms with E-state index in [9.17, 15) is 4.79 Å². The summed E-state index contributed by atoms with van der Waals surface area (Å²) >= 11 is 0. The summed E-state index contributed by atoms with van der Waals surface area (Å²) in [6.45, 7) is 6.66. The highest BCUT2D eigenvalue weighted by atomic mass is 16.2. The van der Waals surface area contributed by atoms with Crippen LogP contribution in [0.3, 0.4) is 0 Å². The Balaban J connectivity index is 2.82. The summed E-state index contributed by atoms with van der Waals surface area (Å²) in [4.78, 5) is 11.6. The maximum Gasteiger partial charge on any atom is 0.315 e. The standard InChI is InChI=1S/C13H20N2O/c1-4-13(3,15-12(16)14-5-2)11-9-7-6-8-10-11/h6-10H,4-5H2,1-3H3,(H2,14,15,16). The van der Waals surface area contributed by atoms with Crippen molar-refractivity contribution < 1.29 is 4.79 Å². The van der Waals surface area contributed by atoms with Gasteiger partial charge < -0.3 is 10.6 Å². The number of hydrogen-bond donors (Lipinski definition) is 2. The predicted octanol–water partition coefficient (Wildman–Crippen LogP) is 2.63. The summed E-state index contributed by atoms with van der Waals surface area (Å²) in [5.41, 5.74) is 0.823. The van der Waals surface area contributed by atoms with Gasteiger partial charge in [0.05, 0.1) is 5.54 Å². The summed E-state index contributed by atoms with van der Waals surface area (Å²) in [5.74, 6) is 0. The molecule has 1 aromatic rings. The smallest absolute Gasteiger partial charge is 0.315 e. The normalized spacial score (nSPS) is 13.9. The average Bonchev–Trinajstić information content (AvgIpc) is 2.30. The Morgan fingerprint density at radius 2 is 1.88 bits per heavy atom. The molecule has 0 aromatic heterocycles. The third kappa shape index (κ3) is 2.99. The second kappa shape index (κ2) is 5.54. The molecule has 0 radical (unpaired) electrons. The zero-order valence-corrected chi connectivity index (χ0v) is 10.2. The van der Waals surface area contributed by atoms with Crippen LogP contribution in [0.25, 0.3) is 0 Å². The van der Waals surface area contributed by atoms with Gasteiger partial charge in [0.25, 0.3) is 0 Å². The van der Waals surface area contributed by atoms with Crippen molar-refractivity contribution in [3.8, 4) is 0 Å². The van der Waals surface area contributed by atoms with Gasteiger partial charge in [0.15, 0.2) is 0 Å². The van der Waals surface area contributed by atoms with E-state index >= 15 is 0 Å². The predicted molar refractivity (Wildman–Crippen MR) is 66.3 cm³/mol. The van der Waals surface area contributed by atoms with Crippen LogP contribution in [0, 0.1) is 0 Å². The summed E-state index contributed by atoms with van der Waals surface area (Å²) in [6.07, 6.45) is 0.855. The number of amides is 2. The highest BCUT2D eigenvalue weighted by Crippen LogP contribution is 2.23. The first-order valence-corrected chi connectivity index (χ1v) is 5.74. The number of carbonyl (C=O) groups excluding carboxylic acids is 1. The third-order valence-electron chi connectivity index (χ3n) is 2.84. The summed E-state index contributed by atoms with van der Waals surface area (Å²) in [6, 6.07) is 9.92. The van der Waals surface area contributed by atoms with Crippen LogP contribution in [0.1, 0.15) is 32.8 Å². The van der Waals surface area contributed by atoms with Gasteiger partial charge in [0.1, 0.15) is 0 Å². The third-order valence-corrected chi connectivity index (χ3v) is 2.84. The highest BCUT2D eigenvalue weighted by molar-refractivity contribution is 5.74. The van der Waals surface area contributed by atoms with Crippen molar-refractivity contribution in [2.75, 3.05) is 6.54 Å². The second-order valence-corrected chi connectivity index (χ2v) is 4.04. The van der Waals surface area contributed by atoms with E-state index in [-0.39, 0.29) is 11.6 Å². The van der Waals surface area contributed by atoms with E-state index in [4.69, 9.17) is 0 Å². The largest absolute Gasteiger partial charge is 0.338 e. The SMILES string of the molecule is CCNC(=O)NC(C)(CC)c1ccccc1. The van der Waals surface area contributed by atoms with E-state index in [2.05, 4.69) is 17.6 Å². The van der Waals surface area contributed by atoms with Gasteiger partial charge in [-0.3, -0.25) is 0 Å². The molecular formula is C13H20N2O. The first-order valence-electron chi connectivity index (χ1n) is 5.74. The molecule has 1 rings (SSSR count). The molecular weight excluding hydrogens is 200 g/mol. The average molecular weight is 220 g/mol. The molecule has 1 aromatic carbocycles. The Bertz CT molecular complexity index is 337. The number of rotatable bonds is 4. The first kappa shape index (κ1) is 12.6. The molecule has 0 aliphatic rings. The van der Waals surface area contributed by atoms with Gasteiger partial charge in [-0.2, -0.15) is 0 Å².